The van der Waals surface area contributed by atoms with E-state index in [2.05, 4.69) is 40.5 Å². The molecule has 1 aromatic carbocycles. The van der Waals surface area contributed by atoms with Crippen LogP contribution in [0.3, 0.4) is 0 Å². The predicted molar refractivity (Wildman–Crippen MR) is 92.1 cm³/mol. The Morgan fingerprint density at radius 3 is 2.38 bits per heavy atom. The Morgan fingerprint density at radius 1 is 1.00 bits per heavy atom. The lowest BCUT2D eigenvalue weighted by molar-refractivity contribution is -0.579. The summed E-state index contributed by atoms with van der Waals surface area (Å²) in [5.74, 6) is 0.895. The van der Waals surface area contributed by atoms with Gasteiger partial charge in [0.25, 0.3) is 5.70 Å². The quantitative estimate of drug-likeness (QED) is 0.744. The number of benzene rings is 1. The molecule has 0 unspecified atom stereocenters. The Labute approximate surface area is 132 Å². The van der Waals surface area contributed by atoms with Gasteiger partial charge in [0.05, 0.1) is 11.0 Å². The van der Waals surface area contributed by atoms with Crippen LogP contribution in [-0.4, -0.2) is 22.5 Å². The summed E-state index contributed by atoms with van der Waals surface area (Å²) in [6, 6.07) is 14.2. The molecule has 0 amide bonds. The summed E-state index contributed by atoms with van der Waals surface area (Å²) in [4.78, 5) is 8.17. The van der Waals surface area contributed by atoms with E-state index in [1.54, 1.807) is 23.5 Å². The van der Waals surface area contributed by atoms with E-state index in [-0.39, 0.29) is 0 Å². The number of imidazole rings is 1. The first-order chi connectivity index (χ1) is 10.3. The van der Waals surface area contributed by atoms with Crippen LogP contribution in [0.1, 0.15) is 5.82 Å². The summed E-state index contributed by atoms with van der Waals surface area (Å²) in [5.41, 5.74) is 3.14. The fourth-order valence-corrected chi connectivity index (χ4v) is 3.67. The van der Waals surface area contributed by atoms with Crippen molar-refractivity contribution in [3.63, 3.8) is 0 Å². The predicted octanol–water partition coefficient (Wildman–Crippen LogP) is 3.75. The van der Waals surface area contributed by atoms with Gasteiger partial charge in [-0.25, -0.2) is 4.98 Å². The molecule has 3 aromatic rings. The zero-order chi connectivity index (χ0) is 14.7. The lowest BCUT2D eigenvalue weighted by atomic mass is 10.3. The Kier molecular flexibility index (Phi) is 4.31. The molecule has 0 bridgehead atoms. The number of thioether (sulfide) groups is 2. The van der Waals surface area contributed by atoms with Gasteiger partial charge in [-0.1, -0.05) is 18.2 Å². The standard InChI is InChI=1S/C16H16N3S2/c1-20-16(21-2)14(19-10-6-3-7-11-19)15-17-12-8-4-5-9-13(12)18-15/h3-11H,1-2H3,(H,17,18)/q+1. The first-order valence-electron chi connectivity index (χ1n) is 6.57. The molecule has 3 nitrogen and oxygen atoms in total. The van der Waals surface area contributed by atoms with E-state index in [9.17, 15) is 0 Å². The zero-order valence-electron chi connectivity index (χ0n) is 11.9. The van der Waals surface area contributed by atoms with Crippen LogP contribution in [0.5, 0.6) is 0 Å². The first-order valence-corrected chi connectivity index (χ1v) is 9.02. The molecule has 0 spiro atoms. The van der Waals surface area contributed by atoms with Gasteiger partial charge in [0.1, 0.15) is 4.24 Å². The van der Waals surface area contributed by atoms with Gasteiger partial charge in [0.15, 0.2) is 12.4 Å². The number of nitrogens with zero attached hydrogens (tertiary/aromatic N) is 2. The van der Waals surface area contributed by atoms with Gasteiger partial charge in [0.2, 0.25) is 5.82 Å². The van der Waals surface area contributed by atoms with Crippen molar-refractivity contribution in [1.29, 1.82) is 0 Å². The number of para-hydroxylation sites is 2. The molecular weight excluding hydrogens is 298 g/mol. The normalized spacial score (nSPS) is 10.8. The van der Waals surface area contributed by atoms with E-state index in [0.29, 0.717) is 0 Å². The maximum absolute atomic E-state index is 4.75. The van der Waals surface area contributed by atoms with E-state index >= 15 is 0 Å². The monoisotopic (exact) mass is 314 g/mol. The highest BCUT2D eigenvalue weighted by Crippen LogP contribution is 2.30. The number of rotatable bonds is 4. The number of nitrogens with one attached hydrogen (secondary N) is 1. The minimum atomic E-state index is 0.895. The highest BCUT2D eigenvalue weighted by molar-refractivity contribution is 8.21. The average Bonchev–Trinajstić information content (AvgIpc) is 2.96. The molecule has 0 aliphatic heterocycles. The lowest BCUT2D eigenvalue weighted by Gasteiger charge is -2.04. The minimum Gasteiger partial charge on any atom is -0.333 e. The third-order valence-corrected chi connectivity index (χ3v) is 5.28. The maximum Gasteiger partial charge on any atom is 0.273 e. The molecule has 3 rings (SSSR count). The van der Waals surface area contributed by atoms with Crippen LogP contribution in [0.4, 0.5) is 0 Å². The SMILES string of the molecule is CSC(SC)=C(c1nc2ccccc2[nH]1)[n+]1ccccc1. The van der Waals surface area contributed by atoms with Crippen molar-refractivity contribution < 1.29 is 4.57 Å². The van der Waals surface area contributed by atoms with Crippen LogP contribution in [0.25, 0.3) is 16.7 Å². The number of H-pyrrole nitrogens is 1. The molecule has 5 heteroatoms. The molecule has 0 saturated heterocycles. The topological polar surface area (TPSA) is 32.6 Å². The van der Waals surface area contributed by atoms with Crippen LogP contribution in [-0.2, 0) is 0 Å². The van der Waals surface area contributed by atoms with Crippen molar-refractivity contribution in [1.82, 2.24) is 9.97 Å². The summed E-state index contributed by atoms with van der Waals surface area (Å²) in [7, 11) is 0. The van der Waals surface area contributed by atoms with E-state index in [1.165, 1.54) is 4.24 Å². The van der Waals surface area contributed by atoms with Crippen molar-refractivity contribution >= 4 is 40.3 Å². The summed E-state index contributed by atoms with van der Waals surface area (Å²) < 4.78 is 3.34. The Morgan fingerprint density at radius 2 is 1.71 bits per heavy atom. The molecule has 0 saturated carbocycles. The van der Waals surface area contributed by atoms with E-state index in [1.807, 2.05) is 36.4 Å². The van der Waals surface area contributed by atoms with E-state index in [0.717, 1.165) is 22.6 Å². The molecule has 0 fully saturated rings. The first kappa shape index (κ1) is 14.2. The van der Waals surface area contributed by atoms with Gasteiger partial charge < -0.3 is 4.98 Å². The summed E-state index contributed by atoms with van der Waals surface area (Å²) in [6.07, 6.45) is 8.29. The van der Waals surface area contributed by atoms with Crippen LogP contribution in [0, 0.1) is 0 Å². The van der Waals surface area contributed by atoms with Crippen molar-refractivity contribution in [2.45, 2.75) is 0 Å². The summed E-state index contributed by atoms with van der Waals surface area (Å²) in [5, 5.41) is 0. The Hall–Kier alpha value is -1.72. The maximum atomic E-state index is 4.75. The van der Waals surface area contributed by atoms with Crippen molar-refractivity contribution in [3.8, 4) is 0 Å². The summed E-state index contributed by atoms with van der Waals surface area (Å²) >= 11 is 3.48. The highest BCUT2D eigenvalue weighted by atomic mass is 32.2. The number of fused-ring (bicyclic) bond motifs is 1. The van der Waals surface area contributed by atoms with Crippen LogP contribution in [0.2, 0.25) is 0 Å². The van der Waals surface area contributed by atoms with E-state index < -0.39 is 0 Å². The van der Waals surface area contributed by atoms with Crippen molar-refractivity contribution in [2.75, 3.05) is 12.5 Å². The molecule has 0 aliphatic carbocycles. The number of aromatic nitrogens is 3. The lowest BCUT2D eigenvalue weighted by Crippen LogP contribution is -2.33. The Balaban J connectivity index is 2.22. The number of pyridine rings is 1. The largest absolute Gasteiger partial charge is 0.333 e. The van der Waals surface area contributed by atoms with Crippen molar-refractivity contribution in [3.05, 3.63) is 64.9 Å². The Bertz CT molecular complexity index is 739. The third kappa shape index (κ3) is 2.84. The van der Waals surface area contributed by atoms with Crippen LogP contribution in [0.15, 0.2) is 59.1 Å². The van der Waals surface area contributed by atoms with Gasteiger partial charge in [0, 0.05) is 12.1 Å². The highest BCUT2D eigenvalue weighted by Gasteiger charge is 2.22. The second-order valence-corrected chi connectivity index (χ2v) is 6.32. The van der Waals surface area contributed by atoms with Gasteiger partial charge in [-0.05, 0) is 24.6 Å². The molecule has 0 atom stereocenters. The second kappa shape index (κ2) is 6.37. The van der Waals surface area contributed by atoms with E-state index in [4.69, 9.17) is 4.98 Å². The van der Waals surface area contributed by atoms with Crippen LogP contribution >= 0.6 is 23.5 Å². The van der Waals surface area contributed by atoms with Crippen LogP contribution < -0.4 is 4.57 Å². The number of hydrogen-bond acceptors (Lipinski definition) is 3. The molecule has 106 valence electrons. The molecule has 0 aliphatic rings. The molecule has 2 heterocycles. The van der Waals surface area contributed by atoms with Crippen molar-refractivity contribution in [2.24, 2.45) is 0 Å². The number of aromatic amines is 1. The van der Waals surface area contributed by atoms with Gasteiger partial charge in [-0.2, -0.15) is 4.57 Å². The third-order valence-electron chi connectivity index (χ3n) is 3.15. The zero-order valence-corrected chi connectivity index (χ0v) is 13.5. The van der Waals surface area contributed by atoms with Gasteiger partial charge in [-0.3, -0.25) is 0 Å². The second-order valence-electron chi connectivity index (χ2n) is 4.43. The van der Waals surface area contributed by atoms with Gasteiger partial charge >= 0.3 is 0 Å². The average molecular weight is 314 g/mol. The molecule has 2 aromatic heterocycles. The molecule has 1 N–H and O–H groups in total. The summed E-state index contributed by atoms with van der Waals surface area (Å²) in [6.45, 7) is 0. The fraction of sp³-hybridized carbons (Fsp3) is 0.125. The minimum absolute atomic E-state index is 0.895. The molecule has 0 radical (unpaired) electrons. The molecule has 21 heavy (non-hydrogen) atoms. The smallest absolute Gasteiger partial charge is 0.273 e. The molecular formula is C16H16N3S2+. The number of hydrogen-bond donors (Lipinski definition) is 1. The van der Waals surface area contributed by atoms with Gasteiger partial charge in [-0.15, -0.1) is 23.5 Å². The fourth-order valence-electron chi connectivity index (χ4n) is 2.21.